The van der Waals surface area contributed by atoms with Gasteiger partial charge < -0.3 is 9.15 Å². The van der Waals surface area contributed by atoms with Crippen LogP contribution < -0.4 is 0 Å². The molecule has 5 heteroatoms. The van der Waals surface area contributed by atoms with Gasteiger partial charge in [0.15, 0.2) is 0 Å². The summed E-state index contributed by atoms with van der Waals surface area (Å²) >= 11 is 0. The minimum atomic E-state index is -0.566. The number of benzene rings is 1. The van der Waals surface area contributed by atoms with Crippen molar-refractivity contribution in [1.29, 1.82) is 0 Å². The second-order valence-corrected chi connectivity index (χ2v) is 5.09. The van der Waals surface area contributed by atoms with Gasteiger partial charge in [-0.05, 0) is 31.4 Å². The highest BCUT2D eigenvalue weighted by atomic mass is 19.1. The minimum Gasteiger partial charge on any atom is -0.460 e. The van der Waals surface area contributed by atoms with Crippen LogP contribution in [-0.2, 0) is 11.2 Å². The van der Waals surface area contributed by atoms with Crippen LogP contribution in [0.1, 0.15) is 37.0 Å². The monoisotopic (exact) mass is 291 g/mol. The molecule has 0 atom stereocenters. The van der Waals surface area contributed by atoms with Crippen LogP contribution in [0, 0.1) is 11.7 Å². The number of aromatic nitrogens is 1. The SMILES string of the molecule is CCOC(=O)c1oc(-c2ccccc2F)nc1CC(C)C. The normalized spacial score (nSPS) is 10.9. The van der Waals surface area contributed by atoms with Gasteiger partial charge in [0.1, 0.15) is 5.82 Å². The summed E-state index contributed by atoms with van der Waals surface area (Å²) in [5.74, 6) is -0.555. The standard InChI is InChI=1S/C16H18FNO3/c1-4-20-16(19)14-13(9-10(2)3)18-15(21-14)11-7-5-6-8-12(11)17/h5-8,10H,4,9H2,1-3H3. The summed E-state index contributed by atoms with van der Waals surface area (Å²) in [4.78, 5) is 16.2. The van der Waals surface area contributed by atoms with E-state index < -0.39 is 11.8 Å². The molecule has 2 aromatic rings. The Morgan fingerprint density at radius 3 is 2.71 bits per heavy atom. The minimum absolute atomic E-state index is 0.0591. The van der Waals surface area contributed by atoms with Crippen LogP contribution in [0.2, 0.25) is 0 Å². The first-order chi connectivity index (χ1) is 10.0. The van der Waals surface area contributed by atoms with Gasteiger partial charge in [-0.15, -0.1) is 0 Å². The summed E-state index contributed by atoms with van der Waals surface area (Å²) in [7, 11) is 0. The lowest BCUT2D eigenvalue weighted by Gasteiger charge is -2.02. The number of rotatable bonds is 5. The number of esters is 1. The van der Waals surface area contributed by atoms with E-state index in [1.165, 1.54) is 6.07 Å². The third-order valence-corrected chi connectivity index (χ3v) is 2.86. The van der Waals surface area contributed by atoms with Crippen molar-refractivity contribution in [1.82, 2.24) is 4.98 Å². The summed E-state index contributed by atoms with van der Waals surface area (Å²) < 4.78 is 24.2. The Morgan fingerprint density at radius 2 is 2.10 bits per heavy atom. The zero-order chi connectivity index (χ0) is 15.4. The fourth-order valence-electron chi connectivity index (χ4n) is 1.98. The molecule has 21 heavy (non-hydrogen) atoms. The molecule has 0 aliphatic carbocycles. The maximum Gasteiger partial charge on any atom is 0.376 e. The van der Waals surface area contributed by atoms with Crippen molar-refractivity contribution < 1.29 is 18.3 Å². The van der Waals surface area contributed by atoms with Crippen LogP contribution in [0.25, 0.3) is 11.5 Å². The number of hydrogen-bond donors (Lipinski definition) is 0. The zero-order valence-electron chi connectivity index (χ0n) is 12.4. The highest BCUT2D eigenvalue weighted by Crippen LogP contribution is 2.26. The summed E-state index contributed by atoms with van der Waals surface area (Å²) in [6.07, 6.45) is 0.562. The molecule has 0 fully saturated rings. The van der Waals surface area contributed by atoms with Crippen molar-refractivity contribution in [2.45, 2.75) is 27.2 Å². The number of halogens is 1. The average Bonchev–Trinajstić information content (AvgIpc) is 2.82. The van der Waals surface area contributed by atoms with Gasteiger partial charge in [-0.1, -0.05) is 26.0 Å². The maximum atomic E-state index is 13.8. The van der Waals surface area contributed by atoms with Gasteiger partial charge in [-0.25, -0.2) is 14.2 Å². The van der Waals surface area contributed by atoms with Crippen LogP contribution in [0.3, 0.4) is 0 Å². The zero-order valence-corrected chi connectivity index (χ0v) is 12.4. The highest BCUT2D eigenvalue weighted by molar-refractivity contribution is 5.88. The molecule has 2 rings (SSSR count). The van der Waals surface area contributed by atoms with Crippen LogP contribution in [-0.4, -0.2) is 17.6 Å². The molecule has 0 N–H and O–H groups in total. The van der Waals surface area contributed by atoms with Gasteiger partial charge in [-0.2, -0.15) is 0 Å². The van der Waals surface area contributed by atoms with Gasteiger partial charge in [0, 0.05) is 0 Å². The number of hydrogen-bond acceptors (Lipinski definition) is 4. The summed E-state index contributed by atoms with van der Waals surface area (Å²) in [6, 6.07) is 6.17. The van der Waals surface area contributed by atoms with Crippen molar-refractivity contribution in [2.24, 2.45) is 5.92 Å². The molecule has 0 aliphatic heterocycles. The molecule has 4 nitrogen and oxygen atoms in total. The maximum absolute atomic E-state index is 13.8. The summed E-state index contributed by atoms with van der Waals surface area (Å²) in [5, 5.41) is 0. The smallest absolute Gasteiger partial charge is 0.376 e. The Balaban J connectivity index is 2.45. The molecule has 1 aromatic heterocycles. The fourth-order valence-corrected chi connectivity index (χ4v) is 1.98. The first kappa shape index (κ1) is 15.2. The van der Waals surface area contributed by atoms with Gasteiger partial charge in [-0.3, -0.25) is 0 Å². The van der Waals surface area contributed by atoms with E-state index in [9.17, 15) is 9.18 Å². The van der Waals surface area contributed by atoms with Crippen molar-refractivity contribution in [3.05, 3.63) is 41.5 Å². The lowest BCUT2D eigenvalue weighted by Crippen LogP contribution is -2.08. The highest BCUT2D eigenvalue weighted by Gasteiger charge is 2.23. The molecular weight excluding hydrogens is 273 g/mol. The molecule has 112 valence electrons. The summed E-state index contributed by atoms with van der Waals surface area (Å²) in [5.41, 5.74) is 0.736. The molecule has 0 aliphatic rings. The third kappa shape index (κ3) is 3.48. The predicted octanol–water partition coefficient (Wildman–Crippen LogP) is 3.86. The molecule has 1 aromatic carbocycles. The summed E-state index contributed by atoms with van der Waals surface area (Å²) in [6.45, 7) is 5.97. The molecule has 0 radical (unpaired) electrons. The Labute approximate surface area is 122 Å². The largest absolute Gasteiger partial charge is 0.460 e. The second kappa shape index (κ2) is 6.52. The van der Waals surface area contributed by atoms with Crippen LogP contribution in [0.15, 0.2) is 28.7 Å². The van der Waals surface area contributed by atoms with E-state index in [1.54, 1.807) is 25.1 Å². The van der Waals surface area contributed by atoms with Crippen LogP contribution in [0.4, 0.5) is 4.39 Å². The van der Waals surface area contributed by atoms with E-state index in [-0.39, 0.29) is 29.7 Å². The second-order valence-electron chi connectivity index (χ2n) is 5.09. The van der Waals surface area contributed by atoms with E-state index in [2.05, 4.69) is 4.98 Å². The molecule has 0 unspecified atom stereocenters. The topological polar surface area (TPSA) is 52.3 Å². The van der Waals surface area contributed by atoms with Crippen molar-refractivity contribution in [3.63, 3.8) is 0 Å². The van der Waals surface area contributed by atoms with Gasteiger partial charge >= 0.3 is 5.97 Å². The Morgan fingerprint density at radius 1 is 1.38 bits per heavy atom. The Hall–Kier alpha value is -2.17. The van der Waals surface area contributed by atoms with Gasteiger partial charge in [0.25, 0.3) is 0 Å². The van der Waals surface area contributed by atoms with Gasteiger partial charge in [0.2, 0.25) is 11.7 Å². The molecule has 0 spiro atoms. The molecule has 0 amide bonds. The molecule has 0 saturated heterocycles. The number of carbonyl (C=O) groups is 1. The number of ether oxygens (including phenoxy) is 1. The average molecular weight is 291 g/mol. The van der Waals surface area contributed by atoms with E-state index >= 15 is 0 Å². The van der Waals surface area contributed by atoms with E-state index in [1.807, 2.05) is 13.8 Å². The number of nitrogens with zero attached hydrogens (tertiary/aromatic N) is 1. The lowest BCUT2D eigenvalue weighted by molar-refractivity contribution is 0.0489. The third-order valence-electron chi connectivity index (χ3n) is 2.86. The van der Waals surface area contributed by atoms with Gasteiger partial charge in [0.05, 0.1) is 17.9 Å². The fraction of sp³-hybridized carbons (Fsp3) is 0.375. The number of carbonyl (C=O) groups excluding carboxylic acids is 1. The van der Waals surface area contributed by atoms with E-state index in [4.69, 9.17) is 9.15 Å². The first-order valence-corrected chi connectivity index (χ1v) is 6.94. The molecule has 0 bridgehead atoms. The lowest BCUT2D eigenvalue weighted by atomic mass is 10.1. The van der Waals surface area contributed by atoms with E-state index in [0.717, 1.165) is 0 Å². The number of oxazole rings is 1. The Kier molecular flexibility index (Phi) is 4.73. The van der Waals surface area contributed by atoms with Crippen LogP contribution >= 0.6 is 0 Å². The molecule has 0 saturated carbocycles. The van der Waals surface area contributed by atoms with E-state index in [0.29, 0.717) is 12.1 Å². The van der Waals surface area contributed by atoms with Crippen molar-refractivity contribution in [2.75, 3.05) is 6.61 Å². The first-order valence-electron chi connectivity index (χ1n) is 6.94. The van der Waals surface area contributed by atoms with Crippen molar-refractivity contribution >= 4 is 5.97 Å². The molecular formula is C16H18FNO3. The quantitative estimate of drug-likeness (QED) is 0.785. The Bertz CT molecular complexity index is 634. The van der Waals surface area contributed by atoms with Crippen LogP contribution in [0.5, 0.6) is 0 Å². The molecule has 1 heterocycles. The predicted molar refractivity (Wildman–Crippen MR) is 76.4 cm³/mol. The van der Waals surface area contributed by atoms with Crippen molar-refractivity contribution in [3.8, 4) is 11.5 Å².